The van der Waals surface area contributed by atoms with E-state index >= 15 is 0 Å². The van der Waals surface area contributed by atoms with E-state index in [-0.39, 0.29) is 48.9 Å². The summed E-state index contributed by atoms with van der Waals surface area (Å²) in [6.45, 7) is 2.77. The molecule has 5 amide bonds. The van der Waals surface area contributed by atoms with Crippen molar-refractivity contribution in [2.24, 2.45) is 0 Å². The second kappa shape index (κ2) is 17.4. The lowest BCUT2D eigenvalue weighted by Crippen LogP contribution is -2.54. The highest BCUT2D eigenvalue weighted by atomic mass is 16.5. The van der Waals surface area contributed by atoms with Crippen molar-refractivity contribution < 1.29 is 38.2 Å². The number of rotatable bonds is 15. The zero-order valence-electron chi connectivity index (χ0n) is 32.2. The molecule has 59 heavy (non-hydrogen) atoms. The number of aromatic nitrogens is 4. The molecule has 8 rings (SSSR count). The number of amides is 5. The van der Waals surface area contributed by atoms with Crippen molar-refractivity contribution in [3.05, 3.63) is 90.3 Å². The van der Waals surface area contributed by atoms with Gasteiger partial charge in [0.05, 0.1) is 55.4 Å². The van der Waals surface area contributed by atoms with E-state index in [1.165, 1.54) is 6.33 Å². The predicted molar refractivity (Wildman–Crippen MR) is 214 cm³/mol. The summed E-state index contributed by atoms with van der Waals surface area (Å²) in [4.78, 5) is 74.7. The number of anilines is 2. The number of nitrogens with two attached hydrogens (primary N) is 1. The maximum atomic E-state index is 13.3. The van der Waals surface area contributed by atoms with E-state index in [4.69, 9.17) is 25.0 Å². The van der Waals surface area contributed by atoms with Crippen LogP contribution in [0.15, 0.2) is 79.1 Å². The van der Waals surface area contributed by atoms with E-state index in [1.807, 2.05) is 64.2 Å². The second-order valence-corrected chi connectivity index (χ2v) is 14.4. The third kappa shape index (κ3) is 8.47. The van der Waals surface area contributed by atoms with Crippen molar-refractivity contribution in [2.75, 3.05) is 57.1 Å². The van der Waals surface area contributed by atoms with Gasteiger partial charge in [-0.3, -0.25) is 34.2 Å². The van der Waals surface area contributed by atoms with Crippen molar-refractivity contribution >= 4 is 52.1 Å². The number of benzene rings is 3. The Kier molecular flexibility index (Phi) is 11.5. The van der Waals surface area contributed by atoms with Crippen molar-refractivity contribution in [2.45, 2.75) is 44.2 Å². The fourth-order valence-corrected chi connectivity index (χ4v) is 7.63. The predicted octanol–water partition coefficient (Wildman–Crippen LogP) is 3.97. The molecule has 2 aromatic heterocycles. The maximum absolute atomic E-state index is 13.3. The maximum Gasteiger partial charge on any atom is 0.262 e. The van der Waals surface area contributed by atoms with E-state index in [2.05, 4.69) is 20.6 Å². The Morgan fingerprint density at radius 1 is 0.864 bits per heavy atom. The van der Waals surface area contributed by atoms with Gasteiger partial charge in [-0.25, -0.2) is 14.6 Å². The number of hydrogen-bond donors (Lipinski definition) is 3. The second-order valence-electron chi connectivity index (χ2n) is 14.4. The van der Waals surface area contributed by atoms with Crippen LogP contribution in [0, 0.1) is 0 Å². The highest BCUT2D eigenvalue weighted by Crippen LogP contribution is 2.35. The van der Waals surface area contributed by atoms with Crippen LogP contribution in [0.25, 0.3) is 22.3 Å². The third-order valence-electron chi connectivity index (χ3n) is 10.6. The minimum atomic E-state index is -1.01. The normalized spacial score (nSPS) is 18.0. The van der Waals surface area contributed by atoms with Crippen LogP contribution < -0.4 is 21.1 Å². The fourth-order valence-electron chi connectivity index (χ4n) is 7.63. The Labute approximate surface area is 338 Å². The molecule has 4 N–H and O–H groups in total. The number of nitrogens with zero attached hydrogens (tertiary/aromatic N) is 6. The highest BCUT2D eigenvalue weighted by Gasteiger charge is 2.44. The molecule has 5 aromatic rings. The van der Waals surface area contributed by atoms with Crippen LogP contribution >= 0.6 is 0 Å². The summed E-state index contributed by atoms with van der Waals surface area (Å²) >= 11 is 0. The molecule has 0 saturated carbocycles. The topological polar surface area (TPSA) is 213 Å². The van der Waals surface area contributed by atoms with E-state index < -0.39 is 29.7 Å². The molecule has 2 fully saturated rings. The molecular formula is C42H43N9O8. The number of nitrogens with one attached hydrogen (secondary N) is 2. The Bertz CT molecular complexity index is 2390. The van der Waals surface area contributed by atoms with Gasteiger partial charge in [0.15, 0.2) is 5.65 Å². The van der Waals surface area contributed by atoms with Crippen LogP contribution in [-0.2, 0) is 23.9 Å². The Morgan fingerprint density at radius 2 is 1.63 bits per heavy atom. The van der Waals surface area contributed by atoms with Gasteiger partial charge in [0.2, 0.25) is 17.7 Å². The first kappa shape index (κ1) is 39.1. The van der Waals surface area contributed by atoms with Crippen LogP contribution in [0.2, 0.25) is 0 Å². The van der Waals surface area contributed by atoms with Gasteiger partial charge in [-0.1, -0.05) is 18.2 Å². The number of imide groups is 2. The zero-order valence-corrected chi connectivity index (χ0v) is 32.2. The molecule has 2 atom stereocenters. The average Bonchev–Trinajstić information content (AvgIpc) is 3.76. The van der Waals surface area contributed by atoms with Gasteiger partial charge >= 0.3 is 0 Å². The summed E-state index contributed by atoms with van der Waals surface area (Å²) in [6.07, 6.45) is 3.45. The first-order valence-corrected chi connectivity index (χ1v) is 19.6. The van der Waals surface area contributed by atoms with Crippen LogP contribution in [0.1, 0.15) is 58.9 Å². The molecule has 3 aliphatic rings. The number of para-hydroxylation sites is 1. The molecule has 17 nitrogen and oxygen atoms in total. The number of fused-ring (bicyclic) bond motifs is 2. The molecule has 0 aliphatic carbocycles. The number of ether oxygens (including phenoxy) is 3. The van der Waals surface area contributed by atoms with Crippen molar-refractivity contribution in [3.8, 4) is 22.8 Å². The number of hydrogen-bond acceptors (Lipinski definition) is 13. The molecule has 0 spiro atoms. The van der Waals surface area contributed by atoms with Gasteiger partial charge in [-0.15, -0.1) is 0 Å². The highest BCUT2D eigenvalue weighted by molar-refractivity contribution is 6.23. The van der Waals surface area contributed by atoms with E-state index in [9.17, 15) is 24.0 Å². The average molecular weight is 802 g/mol. The molecule has 0 bridgehead atoms. The standard InChI is InChI=1S/C42H43N9O8/c43-38-36-37(26-8-11-30(12-9-26)59-29-6-2-1-3-7-29)48-51(39(36)46-25-45-38)28-5-4-18-49(24-28)35(53)16-19-57-21-22-58-20-17-44-27-10-13-31-32(23-27)42(56)50(41(31)55)33-14-15-34(52)47-40(33)54/h1-3,6-13,23,25,28,33,44H,4-5,14-22,24H2,(H2,43,45,46)(H,47,52,54)/t28-,33?/m1/s1. The monoisotopic (exact) mass is 801 g/mol. The number of carbonyl (C=O) groups excluding carboxylic acids is 5. The van der Waals surface area contributed by atoms with Crippen LogP contribution in [0.5, 0.6) is 11.5 Å². The summed E-state index contributed by atoms with van der Waals surface area (Å²) in [5, 5.41) is 11.0. The molecule has 304 valence electrons. The third-order valence-corrected chi connectivity index (χ3v) is 10.6. The minimum absolute atomic E-state index is 0.00518. The summed E-state index contributed by atoms with van der Waals surface area (Å²) in [6, 6.07) is 20.9. The fraction of sp³-hybridized carbons (Fsp3) is 0.333. The summed E-state index contributed by atoms with van der Waals surface area (Å²) in [5.74, 6) is -0.428. The number of nitrogen functional groups attached to an aromatic ring is 1. The molecule has 3 aromatic carbocycles. The van der Waals surface area contributed by atoms with Crippen LogP contribution in [-0.4, -0.2) is 111 Å². The van der Waals surface area contributed by atoms with Crippen LogP contribution in [0.4, 0.5) is 11.5 Å². The SMILES string of the molecule is Nc1ncnc2c1c(-c1ccc(Oc3ccccc3)cc1)nn2[C@@H]1CCCN(C(=O)CCOCCOCCNc2ccc3c(c2)C(=O)N(C2CCC(=O)NC2=O)C3=O)C1. The molecule has 17 heteroatoms. The van der Waals surface area contributed by atoms with Gasteiger partial charge < -0.3 is 30.2 Å². The summed E-state index contributed by atoms with van der Waals surface area (Å²) in [5.41, 5.74) is 9.53. The van der Waals surface area contributed by atoms with E-state index in [0.29, 0.717) is 73.4 Å². The largest absolute Gasteiger partial charge is 0.457 e. The molecule has 1 unspecified atom stereocenters. The van der Waals surface area contributed by atoms with Crippen LogP contribution in [0.3, 0.4) is 0 Å². The zero-order chi connectivity index (χ0) is 40.9. The Hall–Kier alpha value is -6.72. The molecule has 2 saturated heterocycles. The van der Waals surface area contributed by atoms with Gasteiger partial charge in [-0.2, -0.15) is 5.10 Å². The lowest BCUT2D eigenvalue weighted by Gasteiger charge is -2.33. The lowest BCUT2D eigenvalue weighted by molar-refractivity contribution is -0.136. The van der Waals surface area contributed by atoms with Crippen molar-refractivity contribution in [1.29, 1.82) is 0 Å². The molecular weight excluding hydrogens is 759 g/mol. The Balaban J connectivity index is 0.771. The number of likely N-dealkylation sites (tertiary alicyclic amines) is 1. The van der Waals surface area contributed by atoms with Gasteiger partial charge in [0, 0.05) is 37.3 Å². The molecule has 3 aliphatic heterocycles. The Morgan fingerprint density at radius 3 is 2.42 bits per heavy atom. The summed E-state index contributed by atoms with van der Waals surface area (Å²) < 4.78 is 19.2. The first-order chi connectivity index (χ1) is 28.7. The number of piperidine rings is 2. The van der Waals surface area contributed by atoms with Gasteiger partial charge in [0.25, 0.3) is 11.8 Å². The van der Waals surface area contributed by atoms with Crippen molar-refractivity contribution in [1.82, 2.24) is 34.9 Å². The quantitative estimate of drug-likeness (QED) is 0.101. The lowest BCUT2D eigenvalue weighted by atomic mass is 10.0. The van der Waals surface area contributed by atoms with Gasteiger partial charge in [-0.05, 0) is 73.9 Å². The minimum Gasteiger partial charge on any atom is -0.457 e. The van der Waals surface area contributed by atoms with E-state index in [1.54, 1.807) is 18.2 Å². The van der Waals surface area contributed by atoms with Crippen molar-refractivity contribution in [3.63, 3.8) is 0 Å². The first-order valence-electron chi connectivity index (χ1n) is 19.6. The summed E-state index contributed by atoms with van der Waals surface area (Å²) in [7, 11) is 0. The molecule has 0 radical (unpaired) electrons. The number of carbonyl (C=O) groups is 5. The van der Waals surface area contributed by atoms with E-state index in [0.717, 1.165) is 29.1 Å². The smallest absolute Gasteiger partial charge is 0.262 e. The molecule has 5 heterocycles. The van der Waals surface area contributed by atoms with Gasteiger partial charge in [0.1, 0.15) is 35.4 Å².